The van der Waals surface area contributed by atoms with E-state index in [-0.39, 0.29) is 0 Å². The smallest absolute Gasteiger partial charge is 0.115 e. The Bertz CT molecular complexity index is 329. The van der Waals surface area contributed by atoms with Crippen molar-refractivity contribution in [2.24, 2.45) is 0 Å². The molecule has 0 aliphatic carbocycles. The molecule has 1 unspecified atom stereocenters. The molecule has 94 valence electrons. The van der Waals surface area contributed by atoms with Crippen LogP contribution in [0.25, 0.3) is 0 Å². The van der Waals surface area contributed by atoms with E-state index in [2.05, 4.69) is 11.8 Å². The van der Waals surface area contributed by atoms with Gasteiger partial charge >= 0.3 is 0 Å². The summed E-state index contributed by atoms with van der Waals surface area (Å²) in [5, 5.41) is 9.25. The minimum absolute atomic E-state index is 0.338. The lowest BCUT2D eigenvalue weighted by molar-refractivity contribution is 0.133. The van der Waals surface area contributed by atoms with Gasteiger partial charge in [0, 0.05) is 25.7 Å². The molecule has 1 fully saturated rings. The van der Waals surface area contributed by atoms with Crippen LogP contribution in [0.3, 0.4) is 0 Å². The summed E-state index contributed by atoms with van der Waals surface area (Å²) in [6, 6.07) is 8.04. The van der Waals surface area contributed by atoms with Crippen LogP contribution in [0.2, 0.25) is 0 Å². The van der Waals surface area contributed by atoms with Crippen LogP contribution in [0.4, 0.5) is 0 Å². The first-order valence-electron chi connectivity index (χ1n) is 6.35. The van der Waals surface area contributed by atoms with E-state index in [1.54, 1.807) is 12.1 Å². The predicted octanol–water partition coefficient (Wildman–Crippen LogP) is 2.05. The third-order valence-electron chi connectivity index (χ3n) is 3.35. The minimum Gasteiger partial charge on any atom is -0.508 e. The number of nitrogens with zero attached hydrogens (tertiary/aromatic N) is 1. The molecule has 1 aromatic carbocycles. The summed E-state index contributed by atoms with van der Waals surface area (Å²) in [5.41, 5.74) is 1.28. The number of hydrogen-bond acceptors (Lipinski definition) is 3. The molecule has 2 rings (SSSR count). The quantitative estimate of drug-likeness (QED) is 0.870. The van der Waals surface area contributed by atoms with E-state index in [1.165, 1.54) is 5.56 Å². The normalized spacial score (nSPS) is 19.8. The molecule has 1 aromatic rings. The second-order valence-electron chi connectivity index (χ2n) is 4.72. The zero-order valence-electron chi connectivity index (χ0n) is 10.4. The van der Waals surface area contributed by atoms with Crippen molar-refractivity contribution in [3.05, 3.63) is 29.8 Å². The lowest BCUT2D eigenvalue weighted by atomic mass is 10.1. The Balaban J connectivity index is 1.90. The summed E-state index contributed by atoms with van der Waals surface area (Å²) in [6.45, 7) is 6.15. The van der Waals surface area contributed by atoms with Crippen LogP contribution in [-0.2, 0) is 11.2 Å². The third-order valence-corrected chi connectivity index (χ3v) is 3.35. The van der Waals surface area contributed by atoms with Gasteiger partial charge in [-0.15, -0.1) is 0 Å². The molecule has 0 bridgehead atoms. The fourth-order valence-electron chi connectivity index (χ4n) is 2.31. The lowest BCUT2D eigenvalue weighted by Crippen LogP contribution is -2.36. The molecule has 0 spiro atoms. The average Bonchev–Trinajstić information content (AvgIpc) is 2.61. The van der Waals surface area contributed by atoms with Gasteiger partial charge in [-0.2, -0.15) is 0 Å². The second kappa shape index (κ2) is 6.03. The number of phenolic OH excluding ortho intramolecular Hbond substituents is 1. The maximum atomic E-state index is 9.25. The first-order valence-corrected chi connectivity index (χ1v) is 6.35. The van der Waals surface area contributed by atoms with Crippen LogP contribution >= 0.6 is 0 Å². The fourth-order valence-corrected chi connectivity index (χ4v) is 2.31. The standard InChI is InChI=1S/C14H21NO2/c1-12(15-7-2-9-17-10-8-15)11-13-3-5-14(16)6-4-13/h3-6,12,16H,2,7-11H2,1H3. The molecule has 1 N–H and O–H groups in total. The molecule has 1 aliphatic rings. The number of ether oxygens (including phenoxy) is 1. The van der Waals surface area contributed by atoms with E-state index in [1.807, 2.05) is 12.1 Å². The molecular weight excluding hydrogens is 214 g/mol. The molecule has 17 heavy (non-hydrogen) atoms. The topological polar surface area (TPSA) is 32.7 Å². The number of rotatable bonds is 3. The van der Waals surface area contributed by atoms with Crippen molar-refractivity contribution in [2.45, 2.75) is 25.8 Å². The Kier molecular flexibility index (Phi) is 4.40. The van der Waals surface area contributed by atoms with Crippen molar-refractivity contribution in [2.75, 3.05) is 26.3 Å². The van der Waals surface area contributed by atoms with Crippen molar-refractivity contribution < 1.29 is 9.84 Å². The lowest BCUT2D eigenvalue weighted by Gasteiger charge is -2.27. The van der Waals surface area contributed by atoms with Gasteiger partial charge in [0.15, 0.2) is 0 Å². The summed E-state index contributed by atoms with van der Waals surface area (Å²) in [5.74, 6) is 0.338. The molecule has 0 aromatic heterocycles. The van der Waals surface area contributed by atoms with Gasteiger partial charge in [0.1, 0.15) is 5.75 Å². The van der Waals surface area contributed by atoms with E-state index in [0.29, 0.717) is 11.8 Å². The Morgan fingerprint density at radius 1 is 1.24 bits per heavy atom. The summed E-state index contributed by atoms with van der Waals surface area (Å²) >= 11 is 0. The highest BCUT2D eigenvalue weighted by molar-refractivity contribution is 5.26. The van der Waals surface area contributed by atoms with Crippen LogP contribution in [-0.4, -0.2) is 42.4 Å². The van der Waals surface area contributed by atoms with Crippen molar-refractivity contribution in [3.63, 3.8) is 0 Å². The first kappa shape index (κ1) is 12.4. The monoisotopic (exact) mass is 235 g/mol. The SMILES string of the molecule is CC(Cc1ccc(O)cc1)N1CCCOCC1. The van der Waals surface area contributed by atoms with Crippen molar-refractivity contribution >= 4 is 0 Å². The Morgan fingerprint density at radius 2 is 2.00 bits per heavy atom. The van der Waals surface area contributed by atoms with Gasteiger partial charge < -0.3 is 9.84 Å². The van der Waals surface area contributed by atoms with Gasteiger partial charge in [0.25, 0.3) is 0 Å². The summed E-state index contributed by atoms with van der Waals surface area (Å²) in [7, 11) is 0. The van der Waals surface area contributed by atoms with E-state index >= 15 is 0 Å². The van der Waals surface area contributed by atoms with E-state index < -0.39 is 0 Å². The van der Waals surface area contributed by atoms with E-state index in [9.17, 15) is 5.11 Å². The number of benzene rings is 1. The Morgan fingerprint density at radius 3 is 2.76 bits per heavy atom. The maximum absolute atomic E-state index is 9.25. The first-order chi connectivity index (χ1) is 8.25. The Hall–Kier alpha value is -1.06. The average molecular weight is 235 g/mol. The van der Waals surface area contributed by atoms with Gasteiger partial charge in [-0.25, -0.2) is 0 Å². The van der Waals surface area contributed by atoms with E-state index in [0.717, 1.165) is 39.1 Å². The molecule has 0 saturated carbocycles. The molecule has 1 saturated heterocycles. The maximum Gasteiger partial charge on any atom is 0.115 e. The number of hydrogen-bond donors (Lipinski definition) is 1. The minimum atomic E-state index is 0.338. The Labute approximate surface area is 103 Å². The number of phenols is 1. The van der Waals surface area contributed by atoms with Crippen molar-refractivity contribution in [1.82, 2.24) is 4.90 Å². The molecule has 0 amide bonds. The summed E-state index contributed by atoms with van der Waals surface area (Å²) < 4.78 is 5.47. The highest BCUT2D eigenvalue weighted by Crippen LogP contribution is 2.14. The molecule has 3 heteroatoms. The molecule has 3 nitrogen and oxygen atoms in total. The van der Waals surface area contributed by atoms with Crippen molar-refractivity contribution in [3.8, 4) is 5.75 Å². The molecular formula is C14H21NO2. The second-order valence-corrected chi connectivity index (χ2v) is 4.72. The van der Waals surface area contributed by atoms with Gasteiger partial charge in [0.05, 0.1) is 6.61 Å². The molecule has 1 atom stereocenters. The summed E-state index contributed by atoms with van der Waals surface area (Å²) in [6.07, 6.45) is 2.15. The van der Waals surface area contributed by atoms with Gasteiger partial charge in [-0.1, -0.05) is 12.1 Å². The van der Waals surface area contributed by atoms with E-state index in [4.69, 9.17) is 4.74 Å². The van der Waals surface area contributed by atoms with Crippen LogP contribution in [0.1, 0.15) is 18.9 Å². The van der Waals surface area contributed by atoms with Gasteiger partial charge in [-0.05, 0) is 37.5 Å². The number of aromatic hydroxyl groups is 1. The van der Waals surface area contributed by atoms with Crippen LogP contribution in [0, 0.1) is 0 Å². The molecule has 1 aliphatic heterocycles. The van der Waals surface area contributed by atoms with Gasteiger partial charge in [-0.3, -0.25) is 4.90 Å². The van der Waals surface area contributed by atoms with Gasteiger partial charge in [0.2, 0.25) is 0 Å². The zero-order valence-corrected chi connectivity index (χ0v) is 10.4. The van der Waals surface area contributed by atoms with Crippen LogP contribution < -0.4 is 0 Å². The summed E-state index contributed by atoms with van der Waals surface area (Å²) in [4.78, 5) is 2.49. The van der Waals surface area contributed by atoms with Crippen molar-refractivity contribution in [1.29, 1.82) is 0 Å². The van der Waals surface area contributed by atoms with Crippen LogP contribution in [0.15, 0.2) is 24.3 Å². The largest absolute Gasteiger partial charge is 0.508 e. The third kappa shape index (κ3) is 3.72. The fraction of sp³-hybridized carbons (Fsp3) is 0.571. The molecule has 1 heterocycles. The highest BCUT2D eigenvalue weighted by Gasteiger charge is 2.15. The highest BCUT2D eigenvalue weighted by atomic mass is 16.5. The zero-order chi connectivity index (χ0) is 12.1. The molecule has 0 radical (unpaired) electrons. The predicted molar refractivity (Wildman–Crippen MR) is 68.3 cm³/mol. The van der Waals surface area contributed by atoms with Crippen LogP contribution in [0.5, 0.6) is 5.75 Å².